The number of halogens is 1. The monoisotopic (exact) mass is 256 g/mol. The molecular formula is C12H17ClN2O2. The normalized spacial score (nSPS) is 17.1. The number of rotatable bonds is 2. The molecule has 1 amide bonds. The van der Waals surface area contributed by atoms with Crippen LogP contribution in [-0.2, 0) is 4.79 Å². The molecule has 94 valence electrons. The van der Waals surface area contributed by atoms with Crippen LogP contribution >= 0.6 is 12.4 Å². The predicted octanol–water partition coefficient (Wildman–Crippen LogP) is 1.49. The van der Waals surface area contributed by atoms with Gasteiger partial charge in [0.15, 0.2) is 0 Å². The lowest BCUT2D eigenvalue weighted by atomic mass is 10.3. The highest BCUT2D eigenvalue weighted by Crippen LogP contribution is 2.05. The van der Waals surface area contributed by atoms with Gasteiger partial charge in [-0.3, -0.25) is 4.79 Å². The second-order valence-electron chi connectivity index (χ2n) is 3.98. The van der Waals surface area contributed by atoms with Gasteiger partial charge in [-0.15, -0.1) is 12.4 Å². The molecule has 4 nitrogen and oxygen atoms in total. The van der Waals surface area contributed by atoms with Crippen LogP contribution in [0.4, 0.5) is 0 Å². The maximum Gasteiger partial charge on any atom is 0.246 e. The average Bonchev–Trinajstić information content (AvgIpc) is 2.80. The minimum absolute atomic E-state index is 0. The number of carbonyl (C=O) groups is 1. The molecular weight excluding hydrogens is 240 g/mol. The predicted molar refractivity (Wildman–Crippen MR) is 69.1 cm³/mol. The third kappa shape index (κ3) is 3.91. The Labute approximate surface area is 107 Å². The van der Waals surface area contributed by atoms with Gasteiger partial charge in [0.2, 0.25) is 5.91 Å². The third-order valence-corrected chi connectivity index (χ3v) is 2.75. The molecule has 5 heteroatoms. The van der Waals surface area contributed by atoms with Crippen LogP contribution in [0.5, 0.6) is 0 Å². The molecule has 0 N–H and O–H groups in total. The number of nitrogens with zero attached hydrogens (tertiary/aromatic N) is 2. The summed E-state index contributed by atoms with van der Waals surface area (Å²) in [6, 6.07) is 3.63. The van der Waals surface area contributed by atoms with E-state index in [0.717, 1.165) is 26.2 Å². The zero-order valence-corrected chi connectivity index (χ0v) is 10.7. The Morgan fingerprint density at radius 3 is 2.65 bits per heavy atom. The summed E-state index contributed by atoms with van der Waals surface area (Å²) in [5.74, 6) is 0.770. The van der Waals surface area contributed by atoms with Crippen LogP contribution in [0.3, 0.4) is 0 Å². The fraction of sp³-hybridized carbons (Fsp3) is 0.417. The van der Waals surface area contributed by atoms with E-state index in [9.17, 15) is 4.79 Å². The van der Waals surface area contributed by atoms with E-state index in [4.69, 9.17) is 4.42 Å². The Balaban J connectivity index is 0.00000144. The summed E-state index contributed by atoms with van der Waals surface area (Å²) in [5, 5.41) is 0. The molecule has 0 aliphatic carbocycles. The first-order valence-corrected chi connectivity index (χ1v) is 5.45. The quantitative estimate of drug-likeness (QED) is 0.753. The van der Waals surface area contributed by atoms with Crippen molar-refractivity contribution in [3.8, 4) is 0 Å². The molecule has 1 saturated heterocycles. The molecule has 1 aromatic rings. The number of hydrogen-bond donors (Lipinski definition) is 0. The van der Waals surface area contributed by atoms with Crippen molar-refractivity contribution in [1.82, 2.24) is 9.80 Å². The van der Waals surface area contributed by atoms with Crippen LogP contribution in [0.25, 0.3) is 6.08 Å². The Hall–Kier alpha value is -1.26. The SMILES string of the molecule is CN1CCN(C(=O)C=Cc2ccco2)CC1.Cl. The average molecular weight is 257 g/mol. The van der Waals surface area contributed by atoms with Crippen molar-refractivity contribution in [2.75, 3.05) is 33.2 Å². The summed E-state index contributed by atoms with van der Waals surface area (Å²) in [7, 11) is 2.07. The van der Waals surface area contributed by atoms with Crippen LogP contribution in [0.1, 0.15) is 5.76 Å². The van der Waals surface area contributed by atoms with Crippen LogP contribution in [0.2, 0.25) is 0 Å². The molecule has 0 aromatic carbocycles. The van der Waals surface area contributed by atoms with E-state index in [2.05, 4.69) is 11.9 Å². The zero-order chi connectivity index (χ0) is 11.4. The van der Waals surface area contributed by atoms with Gasteiger partial charge in [0.1, 0.15) is 5.76 Å². The third-order valence-electron chi connectivity index (χ3n) is 2.75. The molecule has 2 heterocycles. The van der Waals surface area contributed by atoms with Gasteiger partial charge in [-0.05, 0) is 25.3 Å². The molecule has 1 aliphatic heterocycles. The lowest BCUT2D eigenvalue weighted by Gasteiger charge is -2.31. The maximum atomic E-state index is 11.8. The first-order valence-electron chi connectivity index (χ1n) is 5.45. The van der Waals surface area contributed by atoms with E-state index in [1.807, 2.05) is 11.0 Å². The lowest BCUT2D eigenvalue weighted by Crippen LogP contribution is -2.46. The molecule has 1 aromatic heterocycles. The zero-order valence-electron chi connectivity index (χ0n) is 9.83. The topological polar surface area (TPSA) is 36.7 Å². The number of piperazine rings is 1. The summed E-state index contributed by atoms with van der Waals surface area (Å²) in [6.07, 6.45) is 4.88. The van der Waals surface area contributed by atoms with Gasteiger partial charge < -0.3 is 14.2 Å². The lowest BCUT2D eigenvalue weighted by molar-refractivity contribution is -0.127. The number of amides is 1. The Kier molecular flexibility index (Phi) is 5.25. The first-order chi connectivity index (χ1) is 7.75. The molecule has 1 fully saturated rings. The van der Waals surface area contributed by atoms with Crippen molar-refractivity contribution in [2.24, 2.45) is 0 Å². The number of furan rings is 1. The summed E-state index contributed by atoms with van der Waals surface area (Å²) in [5.41, 5.74) is 0. The van der Waals surface area contributed by atoms with E-state index < -0.39 is 0 Å². The summed E-state index contributed by atoms with van der Waals surface area (Å²) in [6.45, 7) is 3.50. The fourth-order valence-corrected chi connectivity index (χ4v) is 1.67. The molecule has 0 radical (unpaired) electrons. The Morgan fingerprint density at radius 2 is 2.06 bits per heavy atom. The molecule has 0 atom stereocenters. The van der Waals surface area contributed by atoms with Gasteiger partial charge in [0.05, 0.1) is 6.26 Å². The summed E-state index contributed by atoms with van der Waals surface area (Å²) in [4.78, 5) is 15.9. The Morgan fingerprint density at radius 1 is 1.35 bits per heavy atom. The molecule has 0 spiro atoms. The second kappa shape index (κ2) is 6.47. The summed E-state index contributed by atoms with van der Waals surface area (Å²) < 4.78 is 5.12. The minimum Gasteiger partial charge on any atom is -0.465 e. The van der Waals surface area contributed by atoms with Crippen molar-refractivity contribution in [3.05, 3.63) is 30.2 Å². The van der Waals surface area contributed by atoms with E-state index >= 15 is 0 Å². The van der Waals surface area contributed by atoms with Crippen molar-refractivity contribution in [1.29, 1.82) is 0 Å². The van der Waals surface area contributed by atoms with Crippen molar-refractivity contribution >= 4 is 24.4 Å². The number of carbonyl (C=O) groups excluding carboxylic acids is 1. The molecule has 2 rings (SSSR count). The smallest absolute Gasteiger partial charge is 0.246 e. The van der Waals surface area contributed by atoms with Crippen LogP contribution in [0.15, 0.2) is 28.9 Å². The largest absolute Gasteiger partial charge is 0.465 e. The van der Waals surface area contributed by atoms with E-state index in [0.29, 0.717) is 5.76 Å². The standard InChI is InChI=1S/C12H16N2O2.ClH/c1-13-6-8-14(9-7-13)12(15)5-4-11-3-2-10-16-11;/h2-5,10H,6-9H2,1H3;1H. The highest BCUT2D eigenvalue weighted by Gasteiger charge is 2.16. The van der Waals surface area contributed by atoms with E-state index in [1.54, 1.807) is 24.5 Å². The highest BCUT2D eigenvalue weighted by atomic mass is 35.5. The number of likely N-dealkylation sites (N-methyl/N-ethyl adjacent to an activating group) is 1. The van der Waals surface area contributed by atoms with Gasteiger partial charge >= 0.3 is 0 Å². The van der Waals surface area contributed by atoms with Gasteiger partial charge in [0.25, 0.3) is 0 Å². The minimum atomic E-state index is 0. The van der Waals surface area contributed by atoms with Gasteiger partial charge in [-0.25, -0.2) is 0 Å². The van der Waals surface area contributed by atoms with Crippen molar-refractivity contribution < 1.29 is 9.21 Å². The van der Waals surface area contributed by atoms with E-state index in [1.165, 1.54) is 0 Å². The van der Waals surface area contributed by atoms with Crippen LogP contribution in [0, 0.1) is 0 Å². The maximum absolute atomic E-state index is 11.8. The highest BCUT2D eigenvalue weighted by molar-refractivity contribution is 5.91. The molecule has 0 bridgehead atoms. The second-order valence-corrected chi connectivity index (χ2v) is 3.98. The van der Waals surface area contributed by atoms with Crippen molar-refractivity contribution in [2.45, 2.75) is 0 Å². The van der Waals surface area contributed by atoms with Gasteiger partial charge in [-0.1, -0.05) is 0 Å². The summed E-state index contributed by atoms with van der Waals surface area (Å²) >= 11 is 0. The fourth-order valence-electron chi connectivity index (χ4n) is 1.67. The van der Waals surface area contributed by atoms with Crippen LogP contribution < -0.4 is 0 Å². The molecule has 0 unspecified atom stereocenters. The van der Waals surface area contributed by atoms with E-state index in [-0.39, 0.29) is 18.3 Å². The first kappa shape index (κ1) is 13.8. The molecule has 1 aliphatic rings. The van der Waals surface area contributed by atoms with Gasteiger partial charge in [0, 0.05) is 32.3 Å². The Bertz CT molecular complexity index is 368. The van der Waals surface area contributed by atoms with Crippen molar-refractivity contribution in [3.63, 3.8) is 0 Å². The molecule has 17 heavy (non-hydrogen) atoms. The van der Waals surface area contributed by atoms with Gasteiger partial charge in [-0.2, -0.15) is 0 Å². The number of hydrogen-bond acceptors (Lipinski definition) is 3. The van der Waals surface area contributed by atoms with Crippen LogP contribution in [-0.4, -0.2) is 48.9 Å². The molecule has 0 saturated carbocycles.